The Balaban J connectivity index is 1.12. The van der Waals surface area contributed by atoms with Crippen molar-refractivity contribution in [1.82, 2.24) is 0 Å². The van der Waals surface area contributed by atoms with Crippen molar-refractivity contribution in [3.05, 3.63) is 293 Å². The van der Waals surface area contributed by atoms with Gasteiger partial charge in [0.25, 0.3) is 0 Å². The van der Waals surface area contributed by atoms with Gasteiger partial charge in [0.15, 0.2) is 0 Å². The Morgan fingerprint density at radius 2 is 0.672 bits per heavy atom. The SMILES string of the molecule is c1ccc(-c2ccccc2N(c2ccc3c(c2)C(c2ccccc2)(c2ccccc2)c2ccccc2-3)c2ccc3c(c2)C2(c4ccccc4Sc4ccccc42)c2ccccc2-3)cc1. The first-order valence-electron chi connectivity index (χ1n) is 22.2. The summed E-state index contributed by atoms with van der Waals surface area (Å²) in [5.41, 5.74) is 20.2. The molecular weight excluding hydrogens is 791 g/mol. The highest BCUT2D eigenvalue weighted by Crippen LogP contribution is 2.63. The molecule has 0 unspecified atom stereocenters. The third kappa shape index (κ3) is 5.15. The van der Waals surface area contributed by atoms with Crippen molar-refractivity contribution in [1.29, 1.82) is 0 Å². The maximum absolute atomic E-state index is 2.53. The molecule has 0 amide bonds. The lowest BCUT2D eigenvalue weighted by Crippen LogP contribution is -2.32. The second-order valence-corrected chi connectivity index (χ2v) is 18.2. The van der Waals surface area contributed by atoms with Gasteiger partial charge in [0.2, 0.25) is 0 Å². The first-order valence-corrected chi connectivity index (χ1v) is 23.0. The summed E-state index contributed by atoms with van der Waals surface area (Å²) in [6.07, 6.45) is 0. The summed E-state index contributed by atoms with van der Waals surface area (Å²) in [5, 5.41) is 0. The topological polar surface area (TPSA) is 3.24 Å². The van der Waals surface area contributed by atoms with Gasteiger partial charge in [-0.3, -0.25) is 0 Å². The van der Waals surface area contributed by atoms with E-state index in [1.165, 1.54) is 87.7 Å². The quantitative estimate of drug-likeness (QED) is 0.164. The third-order valence-electron chi connectivity index (χ3n) is 14.0. The van der Waals surface area contributed by atoms with E-state index in [0.29, 0.717) is 0 Å². The van der Waals surface area contributed by atoms with Crippen LogP contribution in [0, 0.1) is 0 Å². The molecule has 13 rings (SSSR count). The summed E-state index contributed by atoms with van der Waals surface area (Å²) in [6, 6.07) is 92.8. The monoisotopic (exact) mass is 831 g/mol. The van der Waals surface area contributed by atoms with Crippen LogP contribution in [0.25, 0.3) is 33.4 Å². The van der Waals surface area contributed by atoms with Crippen molar-refractivity contribution in [2.24, 2.45) is 0 Å². The number of rotatable bonds is 6. The second kappa shape index (κ2) is 14.5. The van der Waals surface area contributed by atoms with Crippen LogP contribution in [0.5, 0.6) is 0 Å². The Morgan fingerprint density at radius 3 is 1.22 bits per heavy atom. The van der Waals surface area contributed by atoms with Gasteiger partial charge < -0.3 is 4.90 Å². The Labute approximate surface area is 379 Å². The number of anilines is 3. The number of para-hydroxylation sites is 1. The minimum Gasteiger partial charge on any atom is -0.310 e. The zero-order valence-electron chi connectivity index (χ0n) is 35.0. The maximum atomic E-state index is 2.53. The van der Waals surface area contributed by atoms with Gasteiger partial charge in [-0.15, -0.1) is 0 Å². The molecule has 1 aliphatic heterocycles. The van der Waals surface area contributed by atoms with Gasteiger partial charge in [0.05, 0.1) is 16.5 Å². The molecule has 2 aliphatic carbocycles. The van der Waals surface area contributed by atoms with Gasteiger partial charge in [0.1, 0.15) is 0 Å². The van der Waals surface area contributed by atoms with Crippen LogP contribution < -0.4 is 4.90 Å². The third-order valence-corrected chi connectivity index (χ3v) is 15.2. The van der Waals surface area contributed by atoms with Crippen molar-refractivity contribution in [3.8, 4) is 33.4 Å². The number of hydrogen-bond acceptors (Lipinski definition) is 2. The zero-order chi connectivity index (χ0) is 42.2. The molecule has 10 aromatic carbocycles. The van der Waals surface area contributed by atoms with Gasteiger partial charge in [-0.05, 0) is 115 Å². The highest BCUT2D eigenvalue weighted by atomic mass is 32.2. The summed E-state index contributed by atoms with van der Waals surface area (Å²) >= 11 is 1.89. The standard InChI is InChI=1S/C62H41NS/c1-4-20-42(21-5-1)47-26-12-17-33-58(47)63(45-36-38-50-48-27-10-13-29-52(48)61(56(50)40-45,43-22-6-2-7-23-43)44-24-8-3-9-25-44)46-37-39-51-49-28-11-14-30-53(49)62(57(51)41-46)54-31-15-18-34-59(54)64-60-35-19-16-32-55(60)62/h1-41H. The van der Waals surface area contributed by atoms with Crippen molar-refractivity contribution < 1.29 is 0 Å². The van der Waals surface area contributed by atoms with E-state index in [4.69, 9.17) is 0 Å². The lowest BCUT2D eigenvalue weighted by Gasteiger charge is -2.40. The smallest absolute Gasteiger partial charge is 0.0736 e. The fraction of sp³-hybridized carbons (Fsp3) is 0.0323. The van der Waals surface area contributed by atoms with Crippen LogP contribution in [0.15, 0.2) is 259 Å². The summed E-state index contributed by atoms with van der Waals surface area (Å²) in [7, 11) is 0. The summed E-state index contributed by atoms with van der Waals surface area (Å²) < 4.78 is 0. The molecule has 1 heterocycles. The first-order chi connectivity index (χ1) is 31.8. The van der Waals surface area contributed by atoms with Crippen LogP contribution in [-0.4, -0.2) is 0 Å². The number of nitrogens with zero attached hydrogens (tertiary/aromatic N) is 1. The van der Waals surface area contributed by atoms with Gasteiger partial charge >= 0.3 is 0 Å². The van der Waals surface area contributed by atoms with Crippen LogP contribution in [0.1, 0.15) is 44.5 Å². The fourth-order valence-corrected chi connectivity index (χ4v) is 12.7. The molecule has 2 heteroatoms. The molecule has 0 saturated heterocycles. The van der Waals surface area contributed by atoms with Crippen molar-refractivity contribution in [2.45, 2.75) is 20.6 Å². The van der Waals surface area contributed by atoms with Crippen molar-refractivity contribution in [2.75, 3.05) is 4.90 Å². The number of fused-ring (bicyclic) bond motifs is 12. The molecular formula is C62H41NS. The van der Waals surface area contributed by atoms with E-state index < -0.39 is 10.8 Å². The Hall–Kier alpha value is -7.65. The maximum Gasteiger partial charge on any atom is 0.0736 e. The van der Waals surface area contributed by atoms with E-state index >= 15 is 0 Å². The minimum absolute atomic E-state index is 0.500. The Kier molecular flexibility index (Phi) is 8.35. The van der Waals surface area contributed by atoms with E-state index in [1.54, 1.807) is 0 Å². The van der Waals surface area contributed by atoms with E-state index in [1.807, 2.05) is 11.8 Å². The van der Waals surface area contributed by atoms with E-state index in [9.17, 15) is 0 Å². The normalized spacial score (nSPS) is 14.1. The minimum atomic E-state index is -0.536. The predicted molar refractivity (Wildman–Crippen MR) is 265 cm³/mol. The van der Waals surface area contributed by atoms with E-state index in [-0.39, 0.29) is 0 Å². The molecule has 0 fully saturated rings. The highest BCUT2D eigenvalue weighted by Gasteiger charge is 2.51. The van der Waals surface area contributed by atoms with E-state index in [0.717, 1.165) is 17.1 Å². The van der Waals surface area contributed by atoms with Gasteiger partial charge in [-0.25, -0.2) is 0 Å². The largest absolute Gasteiger partial charge is 0.310 e. The van der Waals surface area contributed by atoms with Crippen LogP contribution in [0.4, 0.5) is 17.1 Å². The molecule has 10 aromatic rings. The van der Waals surface area contributed by atoms with Gasteiger partial charge in [-0.2, -0.15) is 0 Å². The predicted octanol–water partition coefficient (Wildman–Crippen LogP) is 16.0. The molecule has 300 valence electrons. The summed E-state index contributed by atoms with van der Waals surface area (Å²) in [6.45, 7) is 0. The van der Waals surface area contributed by atoms with Crippen molar-refractivity contribution >= 4 is 28.8 Å². The lowest BCUT2D eigenvalue weighted by atomic mass is 9.67. The average Bonchev–Trinajstić information content (AvgIpc) is 3.83. The van der Waals surface area contributed by atoms with E-state index in [2.05, 4.69) is 254 Å². The highest BCUT2D eigenvalue weighted by molar-refractivity contribution is 7.99. The molecule has 0 radical (unpaired) electrons. The van der Waals surface area contributed by atoms with Gasteiger partial charge in [-0.1, -0.05) is 218 Å². The molecule has 3 aliphatic rings. The zero-order valence-corrected chi connectivity index (χ0v) is 35.8. The molecule has 0 atom stereocenters. The number of benzene rings is 10. The summed E-state index contributed by atoms with van der Waals surface area (Å²) in [5.74, 6) is 0. The molecule has 0 saturated carbocycles. The summed E-state index contributed by atoms with van der Waals surface area (Å²) in [4.78, 5) is 5.13. The molecule has 1 spiro atoms. The van der Waals surface area contributed by atoms with Crippen LogP contribution in [0.3, 0.4) is 0 Å². The average molecular weight is 832 g/mol. The van der Waals surface area contributed by atoms with Gasteiger partial charge in [0, 0.05) is 26.7 Å². The first kappa shape index (κ1) is 37.0. The van der Waals surface area contributed by atoms with Crippen LogP contribution in [0.2, 0.25) is 0 Å². The van der Waals surface area contributed by atoms with Crippen molar-refractivity contribution in [3.63, 3.8) is 0 Å². The molecule has 0 bridgehead atoms. The molecule has 0 N–H and O–H groups in total. The molecule has 0 aromatic heterocycles. The number of hydrogen-bond donors (Lipinski definition) is 0. The van der Waals surface area contributed by atoms with Crippen LogP contribution >= 0.6 is 11.8 Å². The second-order valence-electron chi connectivity index (χ2n) is 17.1. The molecule has 1 nitrogen and oxygen atoms in total. The lowest BCUT2D eigenvalue weighted by molar-refractivity contribution is 0.722. The Morgan fingerprint density at radius 1 is 0.281 bits per heavy atom. The fourth-order valence-electron chi connectivity index (χ4n) is 11.5. The Bertz CT molecular complexity index is 3340. The van der Waals surface area contributed by atoms with Crippen LogP contribution in [-0.2, 0) is 10.8 Å². The molecule has 64 heavy (non-hydrogen) atoms.